The summed E-state index contributed by atoms with van der Waals surface area (Å²) in [6, 6.07) is 7.91. The Morgan fingerprint density at radius 3 is 1.68 bits per heavy atom. The van der Waals surface area contributed by atoms with E-state index in [1.165, 1.54) is 6.07 Å². The smallest absolute Gasteiger partial charge is 0.341 e. The summed E-state index contributed by atoms with van der Waals surface area (Å²) in [5, 5.41) is 33.2. The van der Waals surface area contributed by atoms with E-state index >= 15 is 0 Å². The van der Waals surface area contributed by atoms with Gasteiger partial charge in [0.25, 0.3) is 0 Å². The van der Waals surface area contributed by atoms with Crippen LogP contribution in [0.1, 0.15) is 87.4 Å². The van der Waals surface area contributed by atoms with Crippen molar-refractivity contribution >= 4 is 43.8 Å². The lowest BCUT2D eigenvalue weighted by Gasteiger charge is -2.34. The van der Waals surface area contributed by atoms with Crippen LogP contribution in [0.4, 0.5) is 0 Å². The zero-order valence-corrected chi connectivity index (χ0v) is 24.2. The molecule has 0 fully saturated rings. The van der Waals surface area contributed by atoms with Gasteiger partial charge in [-0.15, -0.1) is 0 Å². The number of rotatable bonds is 7. The Kier molecular flexibility index (Phi) is 7.45. The van der Waals surface area contributed by atoms with Gasteiger partial charge in [-0.1, -0.05) is 71.7 Å². The number of carbonyl (C=O) groups excluding carboxylic acids is 1. The van der Waals surface area contributed by atoms with E-state index < -0.39 is 17.5 Å². The molecule has 194 valence electrons. The van der Waals surface area contributed by atoms with Crippen molar-refractivity contribution in [1.29, 1.82) is 0 Å². The highest BCUT2D eigenvalue weighted by molar-refractivity contribution is 9.10. The van der Waals surface area contributed by atoms with Crippen molar-refractivity contribution in [3.63, 3.8) is 0 Å². The molecule has 0 unspecified atom stereocenters. The van der Waals surface area contributed by atoms with Gasteiger partial charge in [-0.05, 0) is 66.1 Å². The number of carboxylic acids is 1. The summed E-state index contributed by atoms with van der Waals surface area (Å²) in [5.41, 5.74) is 1.86. The third-order valence-electron chi connectivity index (χ3n) is 7.23. The van der Waals surface area contributed by atoms with Crippen molar-refractivity contribution in [3.8, 4) is 11.5 Å². The summed E-state index contributed by atoms with van der Waals surface area (Å²) in [7, 11) is 0. The van der Waals surface area contributed by atoms with Gasteiger partial charge in [-0.25, -0.2) is 9.59 Å². The quantitative estimate of drug-likeness (QED) is 0.242. The molecule has 37 heavy (non-hydrogen) atoms. The van der Waals surface area contributed by atoms with Crippen molar-refractivity contribution in [2.24, 2.45) is 0 Å². The molecule has 0 radical (unpaired) electrons. The number of cyclic esters (lactones) is 1. The second kappa shape index (κ2) is 10.1. The van der Waals surface area contributed by atoms with Crippen LogP contribution in [0.5, 0.6) is 11.5 Å². The number of aromatic hydroxyl groups is 2. The van der Waals surface area contributed by atoms with Gasteiger partial charge in [0.1, 0.15) is 11.5 Å². The first-order valence-corrected chi connectivity index (χ1v) is 13.8. The summed E-state index contributed by atoms with van der Waals surface area (Å²) in [6.45, 7) is 7.82. The number of esters is 1. The maximum Gasteiger partial charge on any atom is 0.341 e. The monoisotopic (exact) mass is 630 g/mol. The number of phenolic OH excluding ortho intramolecular Hbond substituents is 2. The number of halogens is 2. The van der Waals surface area contributed by atoms with Gasteiger partial charge in [0.15, 0.2) is 5.60 Å². The first-order valence-electron chi connectivity index (χ1n) is 12.3. The van der Waals surface area contributed by atoms with Gasteiger partial charge in [-0.3, -0.25) is 0 Å². The standard InChI is InChI=1S/C29H28Br2O6/c1-5-14-16(7-3)25(32)20(12-22(14)30)29(21-13-23(31)15(6-2)17(8-4)26(21)33)19-11-9-10-18(27(34)35)24(19)28(36)37-29/h9-13,32-33H,5-8H2,1-4H3,(H,34,35). The minimum Gasteiger partial charge on any atom is -0.507 e. The predicted octanol–water partition coefficient (Wildman–Crippen LogP) is 7.03. The fourth-order valence-electron chi connectivity index (χ4n) is 5.56. The molecule has 3 aromatic carbocycles. The van der Waals surface area contributed by atoms with Crippen molar-refractivity contribution in [2.75, 3.05) is 0 Å². The fourth-order valence-corrected chi connectivity index (χ4v) is 7.06. The van der Waals surface area contributed by atoms with Gasteiger partial charge >= 0.3 is 11.9 Å². The van der Waals surface area contributed by atoms with Crippen LogP contribution in [0.3, 0.4) is 0 Å². The summed E-state index contributed by atoms with van der Waals surface area (Å²) >= 11 is 7.27. The SMILES string of the molecule is CCc1c(Br)cc(C2(c3cc(Br)c(CC)c(CC)c3O)OC(=O)c3c(C(=O)O)cccc32)c(O)c1CC. The molecule has 0 aliphatic carbocycles. The second-order valence-electron chi connectivity index (χ2n) is 8.94. The minimum atomic E-state index is -1.79. The van der Waals surface area contributed by atoms with Gasteiger partial charge < -0.3 is 20.1 Å². The molecule has 0 spiro atoms. The van der Waals surface area contributed by atoms with Gasteiger partial charge in [0, 0.05) is 25.6 Å². The Bertz CT molecular complexity index is 1380. The number of ether oxygens (including phenoxy) is 1. The number of benzene rings is 3. The molecule has 1 heterocycles. The minimum absolute atomic E-state index is 0.0583. The molecule has 3 aromatic rings. The summed E-state index contributed by atoms with van der Waals surface area (Å²) in [6.07, 6.45) is 2.34. The highest BCUT2D eigenvalue weighted by Gasteiger charge is 2.53. The lowest BCUT2D eigenvalue weighted by molar-refractivity contribution is 0.0236. The Balaban J connectivity index is 2.25. The zero-order chi connectivity index (χ0) is 27.2. The third kappa shape index (κ3) is 3.96. The van der Waals surface area contributed by atoms with Crippen LogP contribution in [0, 0.1) is 0 Å². The van der Waals surface area contributed by atoms with E-state index in [-0.39, 0.29) is 39.3 Å². The van der Waals surface area contributed by atoms with E-state index in [1.807, 2.05) is 27.7 Å². The fraction of sp³-hybridized carbons (Fsp3) is 0.310. The molecule has 0 bridgehead atoms. The maximum atomic E-state index is 13.4. The number of fused-ring (bicyclic) bond motifs is 1. The van der Waals surface area contributed by atoms with Crippen LogP contribution >= 0.6 is 31.9 Å². The summed E-state index contributed by atoms with van der Waals surface area (Å²) < 4.78 is 7.58. The molecule has 0 saturated heterocycles. The van der Waals surface area contributed by atoms with E-state index in [1.54, 1.807) is 24.3 Å². The van der Waals surface area contributed by atoms with E-state index in [2.05, 4.69) is 31.9 Å². The third-order valence-corrected chi connectivity index (χ3v) is 8.64. The van der Waals surface area contributed by atoms with Crippen LogP contribution < -0.4 is 0 Å². The highest BCUT2D eigenvalue weighted by atomic mass is 79.9. The molecule has 4 rings (SSSR count). The molecular formula is C29H28Br2O6. The average Bonchev–Trinajstić information content (AvgIpc) is 3.18. The van der Waals surface area contributed by atoms with E-state index in [9.17, 15) is 24.9 Å². The molecule has 8 heteroatoms. The number of aromatic carboxylic acids is 1. The normalized spacial score (nSPS) is 13.9. The second-order valence-corrected chi connectivity index (χ2v) is 10.7. The Labute approximate surface area is 232 Å². The number of hydrogen-bond acceptors (Lipinski definition) is 5. The van der Waals surface area contributed by atoms with Crippen molar-refractivity contribution in [3.05, 3.63) is 89.3 Å². The van der Waals surface area contributed by atoms with Crippen LogP contribution in [0.2, 0.25) is 0 Å². The van der Waals surface area contributed by atoms with Crippen molar-refractivity contribution in [2.45, 2.75) is 59.0 Å². The molecule has 0 saturated carbocycles. The molecule has 1 aliphatic heterocycles. The van der Waals surface area contributed by atoms with Crippen LogP contribution in [-0.4, -0.2) is 27.3 Å². The van der Waals surface area contributed by atoms with E-state index in [0.717, 1.165) is 20.1 Å². The number of carbonyl (C=O) groups is 2. The van der Waals surface area contributed by atoms with E-state index in [4.69, 9.17) is 4.74 Å². The van der Waals surface area contributed by atoms with Crippen LogP contribution in [-0.2, 0) is 36.0 Å². The molecule has 0 aromatic heterocycles. The maximum absolute atomic E-state index is 13.4. The van der Waals surface area contributed by atoms with Gasteiger partial charge in [-0.2, -0.15) is 0 Å². The zero-order valence-electron chi connectivity index (χ0n) is 21.0. The van der Waals surface area contributed by atoms with Gasteiger partial charge in [0.2, 0.25) is 0 Å². The molecule has 6 nitrogen and oxygen atoms in total. The molecule has 3 N–H and O–H groups in total. The first-order chi connectivity index (χ1) is 17.6. The average molecular weight is 632 g/mol. The lowest BCUT2D eigenvalue weighted by atomic mass is 9.76. The number of carboxylic acid groups (broad SMARTS) is 1. The van der Waals surface area contributed by atoms with Crippen molar-refractivity contribution < 1.29 is 29.6 Å². The Morgan fingerprint density at radius 2 is 1.27 bits per heavy atom. The Hall–Kier alpha value is -2.84. The Morgan fingerprint density at radius 1 is 0.811 bits per heavy atom. The molecule has 1 aliphatic rings. The van der Waals surface area contributed by atoms with Crippen LogP contribution in [0.25, 0.3) is 0 Å². The number of phenols is 2. The largest absolute Gasteiger partial charge is 0.507 e. The summed E-state index contributed by atoms with van der Waals surface area (Å²) in [5.74, 6) is -2.23. The highest BCUT2D eigenvalue weighted by Crippen LogP contribution is 2.55. The molecule has 0 amide bonds. The van der Waals surface area contributed by atoms with Crippen LogP contribution in [0.15, 0.2) is 39.3 Å². The molecule has 0 atom stereocenters. The topological polar surface area (TPSA) is 104 Å². The first kappa shape index (κ1) is 27.2. The number of hydrogen-bond donors (Lipinski definition) is 3. The van der Waals surface area contributed by atoms with Crippen molar-refractivity contribution in [1.82, 2.24) is 0 Å². The summed E-state index contributed by atoms with van der Waals surface area (Å²) in [4.78, 5) is 25.5. The van der Waals surface area contributed by atoms with Gasteiger partial charge in [0.05, 0.1) is 11.1 Å². The van der Waals surface area contributed by atoms with E-state index in [0.29, 0.717) is 36.8 Å². The predicted molar refractivity (Wildman–Crippen MR) is 148 cm³/mol. The lowest BCUT2D eigenvalue weighted by Crippen LogP contribution is -2.31. The molecular weight excluding hydrogens is 604 g/mol.